The molecule has 349 valence electrons. The van der Waals surface area contributed by atoms with Crippen LogP contribution < -0.4 is 0 Å². The van der Waals surface area contributed by atoms with Gasteiger partial charge in [-0.05, 0) is 0 Å². The van der Waals surface area contributed by atoms with E-state index in [-0.39, 0.29) is 1050 Å². The van der Waals surface area contributed by atoms with Crippen molar-refractivity contribution in [3.8, 4) is 0 Å². The summed E-state index contributed by atoms with van der Waals surface area (Å²) in [4.78, 5) is 0. The van der Waals surface area contributed by atoms with E-state index >= 15 is 0 Å². The van der Waals surface area contributed by atoms with E-state index in [4.69, 9.17) is 0 Å². The van der Waals surface area contributed by atoms with E-state index in [1.54, 1.807) is 0 Å². The summed E-state index contributed by atoms with van der Waals surface area (Å²) in [7, 11) is 0. The molecule has 0 saturated carbocycles. The largest absolute Gasteiger partial charge is 0 e. The van der Waals surface area contributed by atoms with Crippen LogP contribution in [0.5, 0.6) is 0 Å². The van der Waals surface area contributed by atoms with Crippen molar-refractivity contribution in [1.82, 2.24) is 0 Å². The Bertz CT molecular complexity index is 47.0. The van der Waals surface area contributed by atoms with Crippen LogP contribution >= 0.6 is 0 Å². The van der Waals surface area contributed by atoms with E-state index in [0.717, 1.165) is 0 Å². The van der Waals surface area contributed by atoms with Crippen molar-refractivity contribution in [3.05, 3.63) is 0 Å². The van der Waals surface area contributed by atoms with Gasteiger partial charge in [0.2, 0.25) is 0 Å². The summed E-state index contributed by atoms with van der Waals surface area (Å²) in [5, 5.41) is 0. The maximum atomic E-state index is 0. The molecule has 0 aliphatic rings. The first kappa shape index (κ1) is 448. The van der Waals surface area contributed by atoms with Gasteiger partial charge in [-0.15, -0.1) is 0 Å². The fourth-order valence-corrected chi connectivity index (χ4v) is 0. The van der Waals surface area contributed by atoms with Crippen LogP contribution in [0.25, 0.3) is 0 Å². The Balaban J connectivity index is 0. The topological polar surface area (TPSA) is 0 Å². The zero-order chi connectivity index (χ0) is 0. The predicted octanol–water partition coefficient (Wildman–Crippen LogP) is -9.20. The zero-order valence-electron chi connectivity index (χ0n) is 18.9. The van der Waals surface area contributed by atoms with E-state index in [1.807, 2.05) is 0 Å². The molecule has 0 atom stereocenters. The van der Waals surface area contributed by atoms with Crippen LogP contribution in [0.1, 0.15) is 0 Å². The van der Waals surface area contributed by atoms with Crippen LogP contribution in [-0.4, -0.2) is 655 Å². The van der Waals surface area contributed by atoms with Crippen LogP contribution in [0.2, 0.25) is 0 Å². The van der Waals surface area contributed by atoms with Crippen molar-refractivity contribution in [3.63, 3.8) is 0 Å². The van der Waals surface area contributed by atoms with E-state index in [9.17, 15) is 0 Å². The maximum absolute atomic E-state index is 0. The molecule has 0 aromatic rings. The number of hydrogen-bond acceptors (Lipinski definition) is 0. The second-order valence-electron chi connectivity index (χ2n) is 0. The number of rotatable bonds is 0. The van der Waals surface area contributed by atoms with Crippen molar-refractivity contribution in [2.24, 2.45) is 0 Å². The molecule has 119 radical (unpaired) electrons. The summed E-state index contributed by atoms with van der Waals surface area (Å²) < 4.78 is 0. The molecular weight excluding hydrogens is 6430 g/mol. The second kappa shape index (κ2) is 431. The van der Waals surface area contributed by atoms with Gasteiger partial charge >= 0.3 is 0 Å². The molecule has 47 heteroatoms. The van der Waals surface area contributed by atoms with Gasteiger partial charge in [0.15, 0.2) is 0 Å². The first-order valence-corrected chi connectivity index (χ1v) is 0. The molecule has 0 rings (SSSR count). The Morgan fingerprint density at radius 1 is 0.0426 bits per heavy atom. The monoisotopic (exact) mass is 6440 g/mol. The average Bonchev–Trinajstić information content (AvgIpc) is 0. The van der Waals surface area contributed by atoms with Crippen LogP contribution in [0, 0.1) is 0 Å². The molecule has 0 unspecified atom stereocenters. The van der Waals surface area contributed by atoms with Crippen molar-refractivity contribution < 1.29 is 393 Å². The molecule has 0 aromatic carbocycles. The van der Waals surface area contributed by atoms with Crippen LogP contribution in [0.15, 0.2) is 0 Å². The van der Waals surface area contributed by atoms with Gasteiger partial charge in [-0.1, -0.05) is 0 Å². The Morgan fingerprint density at radius 3 is 0.0426 bits per heavy atom. The van der Waals surface area contributed by atoms with Crippen molar-refractivity contribution >= 4 is 655 Å². The van der Waals surface area contributed by atoms with Crippen molar-refractivity contribution in [2.75, 3.05) is 0 Å². The zero-order valence-corrected chi connectivity index (χ0v) is 134. The molecule has 0 saturated heterocycles. The summed E-state index contributed by atoms with van der Waals surface area (Å²) >= 11 is 0. The smallest absolute Gasteiger partial charge is 0 e. The van der Waals surface area contributed by atoms with Crippen LogP contribution in [0.3, 0.4) is 0 Å². The minimum atomic E-state index is 0. The fourth-order valence-electron chi connectivity index (χ4n) is 0. The van der Waals surface area contributed by atoms with E-state index in [1.165, 1.54) is 0 Å². The molecule has 0 amide bonds. The summed E-state index contributed by atoms with van der Waals surface area (Å²) in [6, 6.07) is 0. The van der Waals surface area contributed by atoms with Gasteiger partial charge in [0, 0.05) is 1050 Å². The molecule has 47 heavy (non-hydrogen) atoms. The van der Waals surface area contributed by atoms with Crippen molar-refractivity contribution in [1.29, 1.82) is 0 Å². The SMILES string of the molecule is [Cu].[Cu].[Cu].[Cu].[Cu].[Cu].[Cu].[Cu].[Cu].[Cu].[Cu].[Cu].[Cu].[Cu].[Cu].[Cu].[Cu].[Cu].[Cu].[Cu].[Cu].[Cu].[Cu].[Pb].[Pb].[Pb].[Pb].[Pb].[Pb].[Pb].[Pb].[Pb].[Pb].[Pb].[Pb].[Pb].[Pb].[Pb].[Pb].[Pb].[Pb].[Pb].[Pb].[Pb].[Pb].[Pb].[Pb]. The first-order chi connectivity index (χ1) is 0. The van der Waals surface area contributed by atoms with Gasteiger partial charge in [0.1, 0.15) is 0 Å². The van der Waals surface area contributed by atoms with E-state index in [0.29, 0.717) is 0 Å². The molecule has 0 aliphatic heterocycles. The minimum Gasteiger partial charge on any atom is 0 e. The number of hydrogen-bond donors (Lipinski definition) is 0. The van der Waals surface area contributed by atoms with Gasteiger partial charge < -0.3 is 0 Å². The van der Waals surface area contributed by atoms with Gasteiger partial charge in [-0.25, -0.2) is 0 Å². The van der Waals surface area contributed by atoms with E-state index < -0.39 is 0 Å². The van der Waals surface area contributed by atoms with Crippen molar-refractivity contribution in [2.45, 2.75) is 0 Å². The molecular formula is Cu23Pb24. The molecule has 0 nitrogen and oxygen atoms in total. The standard InChI is InChI=1S/23Cu.24Pb. The van der Waals surface area contributed by atoms with Gasteiger partial charge in [0.05, 0.1) is 0 Å². The average molecular weight is 6430 g/mol. The fraction of sp³-hybridized carbons (Fsp3) is 0. The van der Waals surface area contributed by atoms with Gasteiger partial charge in [-0.3, -0.25) is 0 Å². The molecule has 0 aliphatic carbocycles. The minimum absolute atomic E-state index is 0. The maximum Gasteiger partial charge on any atom is 0 e. The molecule has 0 heterocycles. The summed E-state index contributed by atoms with van der Waals surface area (Å²) in [5.41, 5.74) is 0. The molecule has 0 bridgehead atoms. The quantitative estimate of drug-likeness (QED) is 0.212. The summed E-state index contributed by atoms with van der Waals surface area (Å²) in [6.45, 7) is 0. The predicted molar refractivity (Wildman–Crippen MR) is 138 cm³/mol. The first-order valence-electron chi connectivity index (χ1n) is 0. The summed E-state index contributed by atoms with van der Waals surface area (Å²) in [6.07, 6.45) is 0. The van der Waals surface area contributed by atoms with Crippen LogP contribution in [0.4, 0.5) is 0 Å². The third-order valence-corrected chi connectivity index (χ3v) is 0. The molecule has 0 N–H and O–H groups in total. The Labute approximate surface area is 1010 Å². The van der Waals surface area contributed by atoms with E-state index in [2.05, 4.69) is 0 Å². The van der Waals surface area contributed by atoms with Gasteiger partial charge in [0.25, 0.3) is 0 Å². The van der Waals surface area contributed by atoms with Crippen LogP contribution in [-0.2, 0) is 393 Å². The molecule has 0 spiro atoms. The Kier molecular flexibility index (Phi) is 4110. The van der Waals surface area contributed by atoms with Gasteiger partial charge in [-0.2, -0.15) is 0 Å². The Hall–Kier alpha value is 34.1. The third-order valence-electron chi connectivity index (χ3n) is 0. The molecule has 0 aromatic heterocycles. The Morgan fingerprint density at radius 2 is 0.0426 bits per heavy atom. The molecule has 0 fully saturated rings. The normalized spacial score (nSPS) is 0. The third kappa shape index (κ3) is 420. The second-order valence-corrected chi connectivity index (χ2v) is 0. The summed E-state index contributed by atoms with van der Waals surface area (Å²) in [5.74, 6) is 0.